The van der Waals surface area contributed by atoms with Gasteiger partial charge in [0.15, 0.2) is 0 Å². The Labute approximate surface area is 130 Å². The first-order valence-electron chi connectivity index (χ1n) is 7.93. The molecule has 2 aliphatic rings. The minimum atomic E-state index is 0.0630. The molecule has 2 aromatic rings. The molecule has 0 bridgehead atoms. The molecule has 1 aliphatic carbocycles. The first-order chi connectivity index (χ1) is 10.8. The van der Waals surface area contributed by atoms with E-state index in [-0.39, 0.29) is 5.91 Å². The van der Waals surface area contributed by atoms with Crippen molar-refractivity contribution in [1.29, 1.82) is 0 Å². The van der Waals surface area contributed by atoms with Gasteiger partial charge in [-0.1, -0.05) is 6.07 Å². The van der Waals surface area contributed by atoms with Crippen molar-refractivity contribution >= 4 is 11.7 Å². The van der Waals surface area contributed by atoms with E-state index in [0.717, 1.165) is 36.9 Å². The quantitative estimate of drug-likeness (QED) is 0.945. The second-order valence-corrected chi connectivity index (χ2v) is 6.19. The molecule has 22 heavy (non-hydrogen) atoms. The predicted molar refractivity (Wildman–Crippen MR) is 84.7 cm³/mol. The van der Waals surface area contributed by atoms with Gasteiger partial charge in [-0.25, -0.2) is 4.98 Å². The standard InChI is InChI=1S/C17H20N4O/c22-17(15-4-2-7-18-15)21-10-9-20(11-13-5-6-13)16-14(12-21)3-1-8-19-16/h1-4,7-8,13,18H,5-6,9-12H2. The van der Waals surface area contributed by atoms with Crippen LogP contribution in [0.5, 0.6) is 0 Å². The number of anilines is 1. The zero-order valence-corrected chi connectivity index (χ0v) is 12.5. The van der Waals surface area contributed by atoms with Crippen molar-refractivity contribution in [3.63, 3.8) is 0 Å². The molecule has 1 aliphatic heterocycles. The summed E-state index contributed by atoms with van der Waals surface area (Å²) >= 11 is 0. The molecule has 2 aromatic heterocycles. The van der Waals surface area contributed by atoms with Gasteiger partial charge in [0, 0.05) is 44.1 Å². The van der Waals surface area contributed by atoms with Crippen molar-refractivity contribution in [2.24, 2.45) is 5.92 Å². The number of hydrogen-bond donors (Lipinski definition) is 1. The molecule has 4 rings (SSSR count). The molecule has 1 N–H and O–H groups in total. The molecule has 1 saturated carbocycles. The van der Waals surface area contributed by atoms with Crippen LogP contribution in [0.3, 0.4) is 0 Å². The van der Waals surface area contributed by atoms with E-state index in [9.17, 15) is 4.79 Å². The molecule has 0 saturated heterocycles. The molecule has 0 aromatic carbocycles. The summed E-state index contributed by atoms with van der Waals surface area (Å²) in [5, 5.41) is 0. The van der Waals surface area contributed by atoms with Crippen LogP contribution >= 0.6 is 0 Å². The average Bonchev–Trinajstić information content (AvgIpc) is 3.24. The molecule has 0 unspecified atom stereocenters. The van der Waals surface area contributed by atoms with E-state index in [1.807, 2.05) is 29.3 Å². The highest BCUT2D eigenvalue weighted by Crippen LogP contribution is 2.32. The SMILES string of the molecule is O=C(c1ccc[nH]1)N1CCN(CC2CC2)c2ncccc2C1. The monoisotopic (exact) mass is 296 g/mol. The number of rotatable bonds is 3. The van der Waals surface area contributed by atoms with Gasteiger partial charge in [0.2, 0.25) is 0 Å². The van der Waals surface area contributed by atoms with Crippen LogP contribution in [0.4, 0.5) is 5.82 Å². The number of aromatic nitrogens is 2. The summed E-state index contributed by atoms with van der Waals surface area (Å²) in [7, 11) is 0. The van der Waals surface area contributed by atoms with Gasteiger partial charge in [-0.05, 0) is 37.0 Å². The smallest absolute Gasteiger partial charge is 0.270 e. The van der Waals surface area contributed by atoms with Gasteiger partial charge in [-0.15, -0.1) is 0 Å². The Kier molecular flexibility index (Phi) is 3.33. The van der Waals surface area contributed by atoms with Crippen LogP contribution in [-0.4, -0.2) is 40.4 Å². The minimum Gasteiger partial charge on any atom is -0.357 e. The van der Waals surface area contributed by atoms with Gasteiger partial charge in [0.05, 0.1) is 0 Å². The number of fused-ring (bicyclic) bond motifs is 1. The van der Waals surface area contributed by atoms with Crippen LogP contribution < -0.4 is 4.90 Å². The highest BCUT2D eigenvalue weighted by atomic mass is 16.2. The van der Waals surface area contributed by atoms with Crippen LogP contribution in [-0.2, 0) is 6.54 Å². The van der Waals surface area contributed by atoms with E-state index in [1.54, 1.807) is 6.20 Å². The van der Waals surface area contributed by atoms with Crippen LogP contribution in [0.15, 0.2) is 36.7 Å². The van der Waals surface area contributed by atoms with Gasteiger partial charge in [0.25, 0.3) is 5.91 Å². The van der Waals surface area contributed by atoms with Gasteiger partial charge in [-0.3, -0.25) is 4.79 Å². The number of nitrogens with one attached hydrogen (secondary N) is 1. The zero-order chi connectivity index (χ0) is 14.9. The summed E-state index contributed by atoms with van der Waals surface area (Å²) in [6, 6.07) is 7.73. The maximum atomic E-state index is 12.6. The van der Waals surface area contributed by atoms with Crippen molar-refractivity contribution in [3.05, 3.63) is 47.9 Å². The number of carbonyl (C=O) groups is 1. The fraction of sp³-hybridized carbons (Fsp3) is 0.412. The molecule has 5 nitrogen and oxygen atoms in total. The first kappa shape index (κ1) is 13.4. The molecule has 0 spiro atoms. The number of carbonyl (C=O) groups excluding carboxylic acids is 1. The number of amides is 1. The first-order valence-corrected chi connectivity index (χ1v) is 7.93. The Balaban J connectivity index is 1.60. The Morgan fingerprint density at radius 2 is 2.18 bits per heavy atom. The molecular weight excluding hydrogens is 276 g/mol. The Bertz CT molecular complexity index is 663. The molecule has 0 radical (unpaired) electrons. The van der Waals surface area contributed by atoms with Crippen molar-refractivity contribution in [1.82, 2.24) is 14.9 Å². The second kappa shape index (κ2) is 5.48. The van der Waals surface area contributed by atoms with E-state index < -0.39 is 0 Å². The lowest BCUT2D eigenvalue weighted by Crippen LogP contribution is -2.36. The Morgan fingerprint density at radius 1 is 1.27 bits per heavy atom. The lowest BCUT2D eigenvalue weighted by Gasteiger charge is -2.23. The van der Waals surface area contributed by atoms with Gasteiger partial charge >= 0.3 is 0 Å². The molecule has 3 heterocycles. The highest BCUT2D eigenvalue weighted by molar-refractivity contribution is 5.92. The molecule has 0 atom stereocenters. The Morgan fingerprint density at radius 3 is 2.95 bits per heavy atom. The van der Waals surface area contributed by atoms with Crippen molar-refractivity contribution < 1.29 is 4.79 Å². The Hall–Kier alpha value is -2.30. The van der Waals surface area contributed by atoms with Crippen LogP contribution in [0.2, 0.25) is 0 Å². The third kappa shape index (κ3) is 2.58. The average molecular weight is 296 g/mol. The molecular formula is C17H20N4O. The number of aromatic amines is 1. The number of hydrogen-bond acceptors (Lipinski definition) is 3. The topological polar surface area (TPSA) is 52.2 Å². The lowest BCUT2D eigenvalue weighted by atomic mass is 10.2. The zero-order valence-electron chi connectivity index (χ0n) is 12.5. The van der Waals surface area contributed by atoms with Crippen LogP contribution in [0.25, 0.3) is 0 Å². The summed E-state index contributed by atoms with van der Waals surface area (Å²) in [6.07, 6.45) is 6.29. The maximum Gasteiger partial charge on any atom is 0.270 e. The summed E-state index contributed by atoms with van der Waals surface area (Å²) in [5.74, 6) is 1.92. The largest absolute Gasteiger partial charge is 0.357 e. The maximum absolute atomic E-state index is 12.6. The van der Waals surface area contributed by atoms with E-state index in [4.69, 9.17) is 0 Å². The van der Waals surface area contributed by atoms with Gasteiger partial charge in [0.1, 0.15) is 11.5 Å². The van der Waals surface area contributed by atoms with E-state index in [2.05, 4.69) is 20.9 Å². The third-order valence-electron chi connectivity index (χ3n) is 4.46. The van der Waals surface area contributed by atoms with E-state index >= 15 is 0 Å². The van der Waals surface area contributed by atoms with E-state index in [0.29, 0.717) is 12.2 Å². The van der Waals surface area contributed by atoms with Gasteiger partial charge < -0.3 is 14.8 Å². The fourth-order valence-corrected chi connectivity index (χ4v) is 3.07. The third-order valence-corrected chi connectivity index (χ3v) is 4.46. The lowest BCUT2D eigenvalue weighted by molar-refractivity contribution is 0.0746. The minimum absolute atomic E-state index is 0.0630. The summed E-state index contributed by atoms with van der Waals surface area (Å²) in [6.45, 7) is 3.28. The fourth-order valence-electron chi connectivity index (χ4n) is 3.07. The number of nitrogens with zero attached hydrogens (tertiary/aromatic N) is 3. The summed E-state index contributed by atoms with van der Waals surface area (Å²) in [4.78, 5) is 24.5. The van der Waals surface area contributed by atoms with E-state index in [1.165, 1.54) is 12.8 Å². The highest BCUT2D eigenvalue weighted by Gasteiger charge is 2.29. The molecule has 1 amide bonds. The van der Waals surface area contributed by atoms with Crippen molar-refractivity contribution in [2.75, 3.05) is 24.5 Å². The normalized spacial score (nSPS) is 18.0. The van der Waals surface area contributed by atoms with Crippen molar-refractivity contribution in [3.8, 4) is 0 Å². The molecule has 5 heteroatoms. The molecule has 1 fully saturated rings. The van der Waals surface area contributed by atoms with Gasteiger partial charge in [-0.2, -0.15) is 0 Å². The second-order valence-electron chi connectivity index (χ2n) is 6.19. The molecule has 114 valence electrons. The van der Waals surface area contributed by atoms with Crippen LogP contribution in [0.1, 0.15) is 28.9 Å². The van der Waals surface area contributed by atoms with Crippen LogP contribution in [0, 0.1) is 5.92 Å². The summed E-state index contributed by atoms with van der Waals surface area (Å²) < 4.78 is 0. The predicted octanol–water partition coefficient (Wildman–Crippen LogP) is 2.28. The number of pyridine rings is 1. The van der Waals surface area contributed by atoms with Crippen molar-refractivity contribution in [2.45, 2.75) is 19.4 Å². The number of H-pyrrole nitrogens is 1. The summed E-state index contributed by atoms with van der Waals surface area (Å²) in [5.41, 5.74) is 1.79.